The normalized spacial score (nSPS) is 15.8. The minimum absolute atomic E-state index is 0.0158. The summed E-state index contributed by atoms with van der Waals surface area (Å²) < 4.78 is 3.79. The molecule has 0 bridgehead atoms. The maximum Gasteiger partial charge on any atom is 0.254 e. The van der Waals surface area contributed by atoms with E-state index in [1.54, 1.807) is 4.90 Å². The summed E-state index contributed by atoms with van der Waals surface area (Å²) in [5.74, 6) is 0.862. The number of carbonyl (C=O) groups is 1. The molecule has 0 radical (unpaired) electrons. The molecule has 0 N–H and O–H groups in total. The summed E-state index contributed by atoms with van der Waals surface area (Å²) >= 11 is 0. The average molecular weight is 441 g/mol. The molecule has 33 heavy (non-hydrogen) atoms. The number of hydrogen-bond donors (Lipinski definition) is 0. The Labute approximate surface area is 193 Å². The van der Waals surface area contributed by atoms with E-state index in [2.05, 4.69) is 5.10 Å². The van der Waals surface area contributed by atoms with Crippen LogP contribution in [0.15, 0.2) is 42.6 Å². The standard InChI is InChI=1S/C26H28N6O/c1-16-19(14-27-31(16)3)15-30(2)26(33)21-13-22(17-9-10-17)28-25-23(21)24(18-11-12-18)29-32(25)20-7-5-4-6-8-20/h4-8,13-14,17-18H,9-12,15H2,1-3H3. The van der Waals surface area contributed by atoms with Crippen molar-refractivity contribution in [3.63, 3.8) is 0 Å². The molecule has 0 aliphatic heterocycles. The molecule has 0 atom stereocenters. The van der Waals surface area contributed by atoms with E-state index >= 15 is 0 Å². The SMILES string of the molecule is Cc1c(CN(C)C(=O)c2cc(C3CC3)nc3c2c(C2CC2)nn3-c2ccccc2)cnn1C. The van der Waals surface area contributed by atoms with E-state index in [-0.39, 0.29) is 5.91 Å². The van der Waals surface area contributed by atoms with Crippen LogP contribution in [0.5, 0.6) is 0 Å². The van der Waals surface area contributed by atoms with Gasteiger partial charge in [-0.15, -0.1) is 0 Å². The summed E-state index contributed by atoms with van der Waals surface area (Å²) in [6.07, 6.45) is 6.34. The van der Waals surface area contributed by atoms with Gasteiger partial charge in [-0.25, -0.2) is 9.67 Å². The van der Waals surface area contributed by atoms with Gasteiger partial charge in [-0.3, -0.25) is 9.48 Å². The van der Waals surface area contributed by atoms with Gasteiger partial charge in [0.05, 0.1) is 28.5 Å². The second kappa shape index (κ2) is 7.54. The van der Waals surface area contributed by atoms with Gasteiger partial charge in [0.2, 0.25) is 0 Å². The van der Waals surface area contributed by atoms with Gasteiger partial charge in [0.25, 0.3) is 5.91 Å². The highest BCUT2D eigenvalue weighted by Gasteiger charge is 2.35. The molecule has 3 heterocycles. The summed E-state index contributed by atoms with van der Waals surface area (Å²) in [5, 5.41) is 10.3. The number of hydrogen-bond acceptors (Lipinski definition) is 4. The van der Waals surface area contributed by atoms with Gasteiger partial charge in [-0.05, 0) is 50.8 Å². The minimum Gasteiger partial charge on any atom is -0.337 e. The van der Waals surface area contributed by atoms with Crippen LogP contribution in [-0.4, -0.2) is 42.4 Å². The van der Waals surface area contributed by atoms with Crippen LogP contribution in [0.3, 0.4) is 0 Å². The summed E-state index contributed by atoms with van der Waals surface area (Å²) in [6, 6.07) is 12.2. The van der Waals surface area contributed by atoms with Gasteiger partial charge < -0.3 is 4.90 Å². The first-order chi connectivity index (χ1) is 16.0. The zero-order valence-electron chi connectivity index (χ0n) is 19.3. The molecule has 2 fully saturated rings. The number of carbonyl (C=O) groups excluding carboxylic acids is 1. The van der Waals surface area contributed by atoms with E-state index in [4.69, 9.17) is 10.1 Å². The van der Waals surface area contributed by atoms with Crippen molar-refractivity contribution in [1.29, 1.82) is 0 Å². The number of pyridine rings is 1. The molecule has 4 aromatic rings. The smallest absolute Gasteiger partial charge is 0.254 e. The molecule has 2 saturated carbocycles. The van der Waals surface area contributed by atoms with Crippen LogP contribution in [0.1, 0.15) is 70.5 Å². The van der Waals surface area contributed by atoms with Crippen molar-refractivity contribution in [2.75, 3.05) is 7.05 Å². The van der Waals surface area contributed by atoms with Gasteiger partial charge in [0.15, 0.2) is 5.65 Å². The van der Waals surface area contributed by atoms with Crippen molar-refractivity contribution in [3.8, 4) is 5.69 Å². The number of nitrogens with zero attached hydrogens (tertiary/aromatic N) is 6. The fourth-order valence-electron chi connectivity index (χ4n) is 4.54. The van der Waals surface area contributed by atoms with Crippen molar-refractivity contribution in [1.82, 2.24) is 29.4 Å². The van der Waals surface area contributed by atoms with Crippen molar-refractivity contribution in [2.24, 2.45) is 7.05 Å². The predicted octanol–water partition coefficient (Wildman–Crippen LogP) is 4.49. The van der Waals surface area contributed by atoms with Crippen LogP contribution >= 0.6 is 0 Å². The highest BCUT2D eigenvalue weighted by atomic mass is 16.2. The Balaban J connectivity index is 1.50. The Morgan fingerprint density at radius 3 is 2.48 bits per heavy atom. The number of aromatic nitrogens is 5. The Bertz CT molecular complexity index is 1360. The van der Waals surface area contributed by atoms with E-state index in [9.17, 15) is 4.79 Å². The third-order valence-electron chi connectivity index (χ3n) is 6.97. The molecule has 7 nitrogen and oxygen atoms in total. The van der Waals surface area contributed by atoms with Crippen LogP contribution < -0.4 is 0 Å². The van der Waals surface area contributed by atoms with E-state index in [1.807, 2.05) is 73.0 Å². The third-order valence-corrected chi connectivity index (χ3v) is 6.97. The maximum atomic E-state index is 13.9. The number of benzene rings is 1. The molecule has 2 aliphatic carbocycles. The fourth-order valence-corrected chi connectivity index (χ4v) is 4.54. The molecule has 0 saturated heterocycles. The second-order valence-electron chi connectivity index (χ2n) is 9.51. The lowest BCUT2D eigenvalue weighted by Crippen LogP contribution is -2.27. The van der Waals surface area contributed by atoms with Gasteiger partial charge >= 0.3 is 0 Å². The summed E-state index contributed by atoms with van der Waals surface area (Å²) in [4.78, 5) is 20.7. The zero-order valence-corrected chi connectivity index (χ0v) is 19.3. The Morgan fingerprint density at radius 2 is 1.85 bits per heavy atom. The van der Waals surface area contributed by atoms with Crippen molar-refractivity contribution < 1.29 is 4.79 Å². The second-order valence-corrected chi connectivity index (χ2v) is 9.51. The van der Waals surface area contributed by atoms with Crippen molar-refractivity contribution in [2.45, 2.75) is 51.0 Å². The first-order valence-corrected chi connectivity index (χ1v) is 11.7. The Hall–Kier alpha value is -3.48. The molecule has 1 aromatic carbocycles. The monoisotopic (exact) mass is 440 g/mol. The van der Waals surface area contributed by atoms with Gasteiger partial charge in [0, 0.05) is 49.4 Å². The molecule has 6 rings (SSSR count). The average Bonchev–Trinajstić information content (AvgIpc) is 3.77. The first kappa shape index (κ1) is 20.1. The van der Waals surface area contributed by atoms with Gasteiger partial charge in [-0.2, -0.15) is 10.2 Å². The maximum absolute atomic E-state index is 13.9. The lowest BCUT2D eigenvalue weighted by atomic mass is 10.0. The number of fused-ring (bicyclic) bond motifs is 1. The van der Waals surface area contributed by atoms with Crippen LogP contribution in [-0.2, 0) is 13.6 Å². The van der Waals surface area contributed by atoms with Gasteiger partial charge in [-0.1, -0.05) is 18.2 Å². The summed E-state index contributed by atoms with van der Waals surface area (Å²) in [6.45, 7) is 2.55. The number of rotatable bonds is 6. The molecule has 7 heteroatoms. The molecule has 2 aliphatic rings. The summed E-state index contributed by atoms with van der Waals surface area (Å²) in [5.41, 5.74) is 6.67. The lowest BCUT2D eigenvalue weighted by molar-refractivity contribution is 0.0786. The van der Waals surface area contributed by atoms with Crippen molar-refractivity contribution >= 4 is 16.9 Å². The highest BCUT2D eigenvalue weighted by Crippen LogP contribution is 2.45. The topological polar surface area (TPSA) is 68.8 Å². The highest BCUT2D eigenvalue weighted by molar-refractivity contribution is 6.07. The van der Waals surface area contributed by atoms with Crippen LogP contribution in [0, 0.1) is 6.92 Å². The quantitative estimate of drug-likeness (QED) is 0.443. The third kappa shape index (κ3) is 3.52. The molecule has 0 unspecified atom stereocenters. The van der Waals surface area contributed by atoms with E-state index in [0.29, 0.717) is 18.4 Å². The molecular formula is C26H28N6O. The number of para-hydroxylation sites is 1. The van der Waals surface area contributed by atoms with Crippen molar-refractivity contribution in [3.05, 3.63) is 70.8 Å². The van der Waals surface area contributed by atoms with Crippen LogP contribution in [0.2, 0.25) is 0 Å². The number of amides is 1. The molecule has 1 amide bonds. The number of aryl methyl sites for hydroxylation is 1. The van der Waals surface area contributed by atoms with Crippen LogP contribution in [0.25, 0.3) is 16.7 Å². The largest absolute Gasteiger partial charge is 0.337 e. The molecule has 0 spiro atoms. The Kier molecular flexibility index (Phi) is 4.60. The minimum atomic E-state index is 0.0158. The molecule has 168 valence electrons. The van der Waals surface area contributed by atoms with Crippen LogP contribution in [0.4, 0.5) is 0 Å². The van der Waals surface area contributed by atoms with E-state index in [0.717, 1.165) is 70.6 Å². The first-order valence-electron chi connectivity index (χ1n) is 11.7. The molecule has 3 aromatic heterocycles. The zero-order chi connectivity index (χ0) is 22.7. The summed E-state index contributed by atoms with van der Waals surface area (Å²) in [7, 11) is 3.80. The van der Waals surface area contributed by atoms with E-state index < -0.39 is 0 Å². The predicted molar refractivity (Wildman–Crippen MR) is 127 cm³/mol. The Morgan fingerprint density at radius 1 is 1.12 bits per heavy atom. The van der Waals surface area contributed by atoms with Gasteiger partial charge in [0.1, 0.15) is 0 Å². The van der Waals surface area contributed by atoms with E-state index in [1.165, 1.54) is 0 Å². The lowest BCUT2D eigenvalue weighted by Gasteiger charge is -2.18. The fraction of sp³-hybridized carbons (Fsp3) is 0.385. The molecular weight excluding hydrogens is 412 g/mol.